The highest BCUT2D eigenvalue weighted by atomic mass is 79.9. The van der Waals surface area contributed by atoms with Crippen LogP contribution >= 0.6 is 15.9 Å². The molecule has 1 aliphatic heterocycles. The molecule has 114 valence electrons. The Labute approximate surface area is 133 Å². The van der Waals surface area contributed by atoms with Crippen LogP contribution in [-0.2, 0) is 10.3 Å². The van der Waals surface area contributed by atoms with Crippen molar-refractivity contribution >= 4 is 22.0 Å². The van der Waals surface area contributed by atoms with Crippen LogP contribution in [0.4, 0.5) is 13.6 Å². The first-order chi connectivity index (χ1) is 10.4. The maximum absolute atomic E-state index is 14.1. The van der Waals surface area contributed by atoms with Gasteiger partial charge in [-0.15, -0.1) is 0 Å². The van der Waals surface area contributed by atoms with Gasteiger partial charge in [0.2, 0.25) is 0 Å². The van der Waals surface area contributed by atoms with Crippen LogP contribution in [0.3, 0.4) is 0 Å². The number of aromatic nitrogens is 1. The molecule has 1 aromatic carbocycles. The number of amides is 1. The molecule has 0 saturated carbocycles. The lowest BCUT2D eigenvalue weighted by molar-refractivity contribution is 0.109. The third-order valence-electron chi connectivity index (χ3n) is 3.66. The van der Waals surface area contributed by atoms with Gasteiger partial charge in [-0.1, -0.05) is 0 Å². The first kappa shape index (κ1) is 14.9. The molecule has 2 aromatic rings. The van der Waals surface area contributed by atoms with Crippen LogP contribution in [0.5, 0.6) is 0 Å². The van der Waals surface area contributed by atoms with Crippen LogP contribution < -0.4 is 5.32 Å². The lowest BCUT2D eigenvalue weighted by Gasteiger charge is -2.29. The number of pyridine rings is 1. The largest absolute Gasteiger partial charge is 0.438 e. The number of alkyl carbamates (subject to hydrolysis) is 1. The van der Waals surface area contributed by atoms with Crippen LogP contribution in [-0.4, -0.2) is 11.1 Å². The molecule has 0 bridgehead atoms. The van der Waals surface area contributed by atoms with Gasteiger partial charge in [-0.25, -0.2) is 13.6 Å². The summed E-state index contributed by atoms with van der Waals surface area (Å²) in [5.74, 6) is -1.24. The van der Waals surface area contributed by atoms with E-state index in [-0.39, 0.29) is 5.56 Å². The maximum atomic E-state index is 14.1. The molecule has 1 N–H and O–H groups in total. The van der Waals surface area contributed by atoms with E-state index in [1.807, 2.05) is 0 Å². The van der Waals surface area contributed by atoms with Gasteiger partial charge in [0.1, 0.15) is 17.2 Å². The Morgan fingerprint density at radius 3 is 2.82 bits per heavy atom. The zero-order valence-corrected chi connectivity index (χ0v) is 13.0. The summed E-state index contributed by atoms with van der Waals surface area (Å²) in [6.45, 7) is 1.68. The highest BCUT2D eigenvalue weighted by Crippen LogP contribution is 2.43. The van der Waals surface area contributed by atoms with Gasteiger partial charge in [0.25, 0.3) is 0 Å². The molecule has 2 atom stereocenters. The Bertz CT molecular complexity index is 756. The number of hydrogen-bond donors (Lipinski definition) is 1. The van der Waals surface area contributed by atoms with Crippen molar-refractivity contribution in [2.24, 2.45) is 0 Å². The van der Waals surface area contributed by atoms with Crippen LogP contribution in [0.15, 0.2) is 41.1 Å². The van der Waals surface area contributed by atoms with E-state index < -0.39 is 29.4 Å². The molecule has 1 amide bonds. The highest BCUT2D eigenvalue weighted by molar-refractivity contribution is 9.10. The topological polar surface area (TPSA) is 51.2 Å². The molecule has 1 fully saturated rings. The van der Waals surface area contributed by atoms with Crippen molar-refractivity contribution in [3.05, 3.63) is 63.9 Å². The van der Waals surface area contributed by atoms with Crippen molar-refractivity contribution in [2.75, 3.05) is 0 Å². The van der Waals surface area contributed by atoms with Crippen LogP contribution in [0.25, 0.3) is 0 Å². The molecule has 4 nitrogen and oxygen atoms in total. The van der Waals surface area contributed by atoms with E-state index in [0.717, 1.165) is 18.2 Å². The van der Waals surface area contributed by atoms with E-state index >= 15 is 0 Å². The van der Waals surface area contributed by atoms with Crippen LogP contribution in [0.2, 0.25) is 0 Å². The molecule has 2 unspecified atom stereocenters. The van der Waals surface area contributed by atoms with Crippen molar-refractivity contribution in [1.82, 2.24) is 10.3 Å². The molecule has 1 aliphatic rings. The predicted molar refractivity (Wildman–Crippen MR) is 78.0 cm³/mol. The number of hydrogen-bond acceptors (Lipinski definition) is 3. The molecular formula is C15H11BrF2N2O2. The van der Waals surface area contributed by atoms with Crippen LogP contribution in [0.1, 0.15) is 24.2 Å². The van der Waals surface area contributed by atoms with E-state index in [2.05, 4.69) is 26.2 Å². The number of ether oxygens (including phenoxy) is 1. The Morgan fingerprint density at radius 2 is 2.09 bits per heavy atom. The minimum Gasteiger partial charge on any atom is -0.438 e. The summed E-state index contributed by atoms with van der Waals surface area (Å²) in [7, 11) is 0. The molecule has 7 heteroatoms. The second-order valence-corrected chi connectivity index (χ2v) is 6.09. The number of rotatable bonds is 2. The lowest BCUT2D eigenvalue weighted by Crippen LogP contribution is -2.39. The maximum Gasteiger partial charge on any atom is 0.408 e. The van der Waals surface area contributed by atoms with Crippen molar-refractivity contribution < 1.29 is 18.3 Å². The SMILES string of the molecule is CC1(c2cncc(Br)c2)NC(=O)OC1c1cc(F)ccc1F. The zero-order chi connectivity index (χ0) is 15.9. The fourth-order valence-corrected chi connectivity index (χ4v) is 2.91. The van der Waals surface area contributed by atoms with E-state index in [1.165, 1.54) is 0 Å². The summed E-state index contributed by atoms with van der Waals surface area (Å²) in [6, 6.07) is 4.80. The summed E-state index contributed by atoms with van der Waals surface area (Å²) in [6.07, 6.45) is 1.43. The van der Waals surface area contributed by atoms with Crippen molar-refractivity contribution in [3.8, 4) is 0 Å². The Balaban J connectivity index is 2.13. The number of halogens is 3. The number of cyclic esters (lactones) is 1. The van der Waals surface area contributed by atoms with E-state index in [9.17, 15) is 13.6 Å². The van der Waals surface area contributed by atoms with Gasteiger partial charge in [-0.2, -0.15) is 0 Å². The first-order valence-electron chi connectivity index (χ1n) is 6.45. The predicted octanol–water partition coefficient (Wildman–Crippen LogP) is 3.82. The fraction of sp³-hybridized carbons (Fsp3) is 0.200. The van der Waals surface area contributed by atoms with Gasteiger partial charge in [0.05, 0.1) is 0 Å². The summed E-state index contributed by atoms with van der Waals surface area (Å²) < 4.78 is 33.4. The molecule has 0 spiro atoms. The standard InChI is InChI=1S/C15H11BrF2N2O2/c1-15(8-4-9(16)7-19-6-8)13(22-14(21)20-15)11-5-10(17)2-3-12(11)18/h2-7,13H,1H3,(H,20,21). The average molecular weight is 369 g/mol. The molecule has 0 aliphatic carbocycles. The molecule has 0 radical (unpaired) electrons. The smallest absolute Gasteiger partial charge is 0.408 e. The minimum absolute atomic E-state index is 0.0270. The third kappa shape index (κ3) is 2.45. The molecule has 1 saturated heterocycles. The Morgan fingerprint density at radius 1 is 1.32 bits per heavy atom. The Kier molecular flexibility index (Phi) is 3.60. The second kappa shape index (κ2) is 5.31. The minimum atomic E-state index is -1.07. The van der Waals surface area contributed by atoms with Gasteiger partial charge in [0, 0.05) is 28.0 Å². The number of benzene rings is 1. The van der Waals surface area contributed by atoms with Crippen molar-refractivity contribution in [2.45, 2.75) is 18.6 Å². The monoisotopic (exact) mass is 368 g/mol. The van der Waals surface area contributed by atoms with Gasteiger partial charge in [0.15, 0.2) is 6.10 Å². The van der Waals surface area contributed by atoms with Crippen LogP contribution in [0, 0.1) is 11.6 Å². The lowest BCUT2D eigenvalue weighted by atomic mass is 9.84. The highest BCUT2D eigenvalue weighted by Gasteiger charge is 2.48. The van der Waals surface area contributed by atoms with E-state index in [1.54, 1.807) is 25.4 Å². The van der Waals surface area contributed by atoms with Gasteiger partial charge in [-0.3, -0.25) is 4.98 Å². The molecule has 3 rings (SSSR count). The summed E-state index contributed by atoms with van der Waals surface area (Å²) in [5.41, 5.74) is -0.482. The first-order valence-corrected chi connectivity index (χ1v) is 7.24. The normalized spacial score (nSPS) is 24.0. The number of nitrogens with zero attached hydrogens (tertiary/aromatic N) is 1. The van der Waals surface area contributed by atoms with Crippen molar-refractivity contribution in [1.29, 1.82) is 0 Å². The van der Waals surface area contributed by atoms with Gasteiger partial charge >= 0.3 is 6.09 Å². The summed E-state index contributed by atoms with van der Waals surface area (Å²) >= 11 is 3.30. The van der Waals surface area contributed by atoms with Gasteiger partial charge in [-0.05, 0) is 47.1 Å². The zero-order valence-electron chi connectivity index (χ0n) is 11.4. The number of carbonyl (C=O) groups excluding carboxylic acids is 1. The second-order valence-electron chi connectivity index (χ2n) is 5.17. The molecule has 22 heavy (non-hydrogen) atoms. The van der Waals surface area contributed by atoms with Gasteiger partial charge < -0.3 is 10.1 Å². The fourth-order valence-electron chi connectivity index (χ4n) is 2.54. The third-order valence-corrected chi connectivity index (χ3v) is 4.09. The van der Waals surface area contributed by atoms with Crippen molar-refractivity contribution in [3.63, 3.8) is 0 Å². The summed E-state index contributed by atoms with van der Waals surface area (Å²) in [4.78, 5) is 15.8. The molecular weight excluding hydrogens is 358 g/mol. The quantitative estimate of drug-likeness (QED) is 0.876. The molecule has 1 aromatic heterocycles. The average Bonchev–Trinajstić information content (AvgIpc) is 2.78. The Hall–Kier alpha value is -2.02. The number of carbonyl (C=O) groups is 1. The molecule has 2 heterocycles. The van der Waals surface area contributed by atoms with E-state index in [0.29, 0.717) is 10.0 Å². The number of nitrogens with one attached hydrogen (secondary N) is 1. The summed E-state index contributed by atoms with van der Waals surface area (Å²) in [5, 5.41) is 2.66. The van der Waals surface area contributed by atoms with E-state index in [4.69, 9.17) is 4.74 Å².